The van der Waals surface area contributed by atoms with Crippen LogP contribution in [0.2, 0.25) is 0 Å². The molecule has 7 nitrogen and oxygen atoms in total. The topological polar surface area (TPSA) is 98.5 Å². The summed E-state index contributed by atoms with van der Waals surface area (Å²) < 4.78 is 44.6. The van der Waals surface area contributed by atoms with E-state index in [-0.39, 0.29) is 11.5 Å². The second-order valence-electron chi connectivity index (χ2n) is 6.80. The molecular formula is C20H19F3N2O5. The van der Waals surface area contributed by atoms with E-state index in [9.17, 15) is 32.9 Å². The van der Waals surface area contributed by atoms with Gasteiger partial charge >= 0.3 is 12.1 Å². The number of carbonyl (C=O) groups is 2. The quantitative estimate of drug-likeness (QED) is 0.403. The van der Waals surface area contributed by atoms with Gasteiger partial charge in [0.2, 0.25) is 0 Å². The number of carbonyl (C=O) groups excluding carboxylic acids is 2. The lowest BCUT2D eigenvalue weighted by atomic mass is 10.0. The highest BCUT2D eigenvalue weighted by Crippen LogP contribution is 2.37. The summed E-state index contributed by atoms with van der Waals surface area (Å²) in [7, 11) is 0. The van der Waals surface area contributed by atoms with Gasteiger partial charge in [-0.3, -0.25) is 14.9 Å². The molecule has 2 aromatic rings. The van der Waals surface area contributed by atoms with E-state index in [2.05, 4.69) is 0 Å². The van der Waals surface area contributed by atoms with Gasteiger partial charge in [0, 0.05) is 12.1 Å². The fraction of sp³-hybridized carbons (Fsp3) is 0.300. The third-order valence-corrected chi connectivity index (χ3v) is 4.24. The summed E-state index contributed by atoms with van der Waals surface area (Å²) in [5, 5.41) is 12.7. The first-order chi connectivity index (χ1) is 13.9. The minimum absolute atomic E-state index is 0.186. The maximum Gasteiger partial charge on any atom is 0.418 e. The van der Waals surface area contributed by atoms with Gasteiger partial charge in [-0.2, -0.15) is 13.2 Å². The standard InChI is InChI=1S/C20H19F3N2O5/c1-11(2)13-4-6-14(7-5-13)19(27)30-12(3)18(26)24-17-9-8-15(25(28)29)10-16(17)20(21,22)23/h4-12H,1-3H3,(H,24,26). The molecule has 0 aliphatic carbocycles. The number of anilines is 1. The molecule has 10 heteroatoms. The van der Waals surface area contributed by atoms with Gasteiger partial charge in [0.25, 0.3) is 11.6 Å². The van der Waals surface area contributed by atoms with Gasteiger partial charge in [0.1, 0.15) is 0 Å². The Hall–Kier alpha value is -3.43. The lowest BCUT2D eigenvalue weighted by molar-refractivity contribution is -0.385. The Morgan fingerprint density at radius 2 is 1.67 bits per heavy atom. The molecule has 0 fully saturated rings. The van der Waals surface area contributed by atoms with Gasteiger partial charge in [-0.05, 0) is 36.6 Å². The van der Waals surface area contributed by atoms with Crippen LogP contribution in [-0.2, 0) is 15.7 Å². The molecule has 0 saturated heterocycles. The Labute approximate surface area is 170 Å². The van der Waals surface area contributed by atoms with Crippen LogP contribution in [0.25, 0.3) is 0 Å². The lowest BCUT2D eigenvalue weighted by Gasteiger charge is -2.17. The molecule has 2 rings (SSSR count). The number of halogens is 3. The molecule has 0 saturated carbocycles. The van der Waals surface area contributed by atoms with Gasteiger partial charge in [-0.15, -0.1) is 0 Å². The van der Waals surface area contributed by atoms with Crippen LogP contribution < -0.4 is 5.32 Å². The number of hydrogen-bond donors (Lipinski definition) is 1. The Morgan fingerprint density at radius 3 is 2.17 bits per heavy atom. The summed E-state index contributed by atoms with van der Waals surface area (Å²) >= 11 is 0. The van der Waals surface area contributed by atoms with Crippen molar-refractivity contribution in [1.29, 1.82) is 0 Å². The highest BCUT2D eigenvalue weighted by molar-refractivity contribution is 5.98. The maximum absolute atomic E-state index is 13.2. The van der Waals surface area contributed by atoms with E-state index >= 15 is 0 Å². The van der Waals surface area contributed by atoms with Crippen molar-refractivity contribution in [2.24, 2.45) is 0 Å². The smallest absolute Gasteiger partial charge is 0.418 e. The van der Waals surface area contributed by atoms with Crippen LogP contribution in [0.3, 0.4) is 0 Å². The number of nitrogens with one attached hydrogen (secondary N) is 1. The first kappa shape index (κ1) is 22.9. The van der Waals surface area contributed by atoms with Gasteiger partial charge in [-0.25, -0.2) is 4.79 Å². The molecule has 160 valence electrons. The molecule has 30 heavy (non-hydrogen) atoms. The van der Waals surface area contributed by atoms with Gasteiger partial charge in [0.15, 0.2) is 6.10 Å². The van der Waals surface area contributed by atoms with E-state index in [4.69, 9.17) is 4.74 Å². The van der Waals surface area contributed by atoms with Crippen LogP contribution in [0.15, 0.2) is 42.5 Å². The normalized spacial score (nSPS) is 12.4. The zero-order chi connectivity index (χ0) is 22.6. The number of hydrogen-bond acceptors (Lipinski definition) is 5. The largest absolute Gasteiger partial charge is 0.449 e. The summed E-state index contributed by atoms with van der Waals surface area (Å²) in [4.78, 5) is 34.2. The fourth-order valence-electron chi connectivity index (χ4n) is 2.51. The highest BCUT2D eigenvalue weighted by atomic mass is 19.4. The van der Waals surface area contributed by atoms with E-state index in [1.807, 2.05) is 19.2 Å². The molecule has 0 spiro atoms. The first-order valence-electron chi connectivity index (χ1n) is 8.87. The summed E-state index contributed by atoms with van der Waals surface area (Å²) in [5.41, 5.74) is -1.65. The molecule has 0 radical (unpaired) electrons. The average Bonchev–Trinajstić information content (AvgIpc) is 2.67. The molecule has 0 heterocycles. The molecule has 1 atom stereocenters. The molecule has 0 bridgehead atoms. The van der Waals surface area contributed by atoms with Gasteiger partial charge in [-0.1, -0.05) is 26.0 Å². The Morgan fingerprint density at radius 1 is 1.07 bits per heavy atom. The third-order valence-electron chi connectivity index (χ3n) is 4.24. The zero-order valence-corrected chi connectivity index (χ0v) is 16.3. The Balaban J connectivity index is 2.13. The van der Waals surface area contributed by atoms with Crippen molar-refractivity contribution in [2.75, 3.05) is 5.32 Å². The van der Waals surface area contributed by atoms with E-state index in [1.165, 1.54) is 19.1 Å². The predicted molar refractivity (Wildman–Crippen MR) is 102 cm³/mol. The Bertz CT molecular complexity index is 956. The zero-order valence-electron chi connectivity index (χ0n) is 16.3. The second-order valence-corrected chi connectivity index (χ2v) is 6.80. The van der Waals surface area contributed by atoms with Gasteiger partial charge in [0.05, 0.1) is 21.7 Å². The molecule has 1 amide bonds. The minimum Gasteiger partial charge on any atom is -0.449 e. The van der Waals surface area contributed by atoms with Crippen molar-refractivity contribution in [3.05, 3.63) is 69.3 Å². The second kappa shape index (κ2) is 8.93. The molecule has 1 unspecified atom stereocenters. The number of amides is 1. The van der Waals surface area contributed by atoms with E-state index in [1.54, 1.807) is 12.1 Å². The maximum atomic E-state index is 13.2. The van der Waals surface area contributed by atoms with Crippen LogP contribution in [0.4, 0.5) is 24.5 Å². The molecule has 0 aliphatic heterocycles. The van der Waals surface area contributed by atoms with E-state index in [0.29, 0.717) is 6.07 Å². The molecule has 2 aromatic carbocycles. The summed E-state index contributed by atoms with van der Waals surface area (Å²) in [6, 6.07) is 8.45. The number of alkyl halides is 3. The number of nitrogens with zero attached hydrogens (tertiary/aromatic N) is 1. The van der Waals surface area contributed by atoms with Gasteiger partial charge < -0.3 is 10.1 Å². The predicted octanol–water partition coefficient (Wildman–Crippen LogP) is 4.92. The van der Waals surface area contributed by atoms with Crippen molar-refractivity contribution < 1.29 is 32.4 Å². The Kier molecular flexibility index (Phi) is 6.81. The molecule has 0 aliphatic rings. The first-order valence-corrected chi connectivity index (χ1v) is 8.87. The number of non-ortho nitro benzene ring substituents is 1. The van der Waals surface area contributed by atoms with Crippen LogP contribution in [-0.4, -0.2) is 22.9 Å². The number of benzene rings is 2. The van der Waals surface area contributed by atoms with Crippen molar-refractivity contribution in [2.45, 2.75) is 39.0 Å². The van der Waals surface area contributed by atoms with Crippen LogP contribution in [0, 0.1) is 10.1 Å². The van der Waals surface area contributed by atoms with Crippen LogP contribution in [0.5, 0.6) is 0 Å². The van der Waals surface area contributed by atoms with Crippen LogP contribution in [0.1, 0.15) is 48.2 Å². The van der Waals surface area contributed by atoms with Crippen molar-refractivity contribution >= 4 is 23.3 Å². The number of nitro groups is 1. The average molecular weight is 424 g/mol. The van der Waals surface area contributed by atoms with E-state index < -0.39 is 46.0 Å². The lowest BCUT2D eigenvalue weighted by Crippen LogP contribution is -2.30. The number of ether oxygens (including phenoxy) is 1. The van der Waals surface area contributed by atoms with Crippen LogP contribution >= 0.6 is 0 Å². The summed E-state index contributed by atoms with van der Waals surface area (Å²) in [5.74, 6) is -1.57. The molecular weight excluding hydrogens is 405 g/mol. The van der Waals surface area contributed by atoms with Crippen molar-refractivity contribution in [3.8, 4) is 0 Å². The third kappa shape index (κ3) is 5.56. The molecule has 0 aromatic heterocycles. The number of esters is 1. The number of nitro benzene ring substituents is 1. The van der Waals surface area contributed by atoms with Crippen molar-refractivity contribution in [1.82, 2.24) is 0 Å². The number of rotatable bonds is 6. The van der Waals surface area contributed by atoms with E-state index in [0.717, 1.165) is 17.7 Å². The summed E-state index contributed by atoms with van der Waals surface area (Å²) in [6.07, 6.45) is -6.34. The monoisotopic (exact) mass is 424 g/mol. The SMILES string of the molecule is CC(OC(=O)c1ccc(C(C)C)cc1)C(=O)Nc1ccc([N+](=O)[O-])cc1C(F)(F)F. The fourth-order valence-corrected chi connectivity index (χ4v) is 2.51. The highest BCUT2D eigenvalue weighted by Gasteiger charge is 2.36. The molecule has 1 N–H and O–H groups in total. The minimum atomic E-state index is -4.94. The van der Waals surface area contributed by atoms with Crippen molar-refractivity contribution in [3.63, 3.8) is 0 Å². The summed E-state index contributed by atoms with van der Waals surface area (Å²) in [6.45, 7) is 5.16.